The van der Waals surface area contributed by atoms with Gasteiger partial charge in [0.2, 0.25) is 0 Å². The van der Waals surface area contributed by atoms with Crippen molar-refractivity contribution in [1.82, 2.24) is 0 Å². The second kappa shape index (κ2) is 7.37. The van der Waals surface area contributed by atoms with E-state index in [2.05, 4.69) is 13.2 Å². The molecule has 0 saturated carbocycles. The van der Waals surface area contributed by atoms with Crippen LogP contribution >= 0.6 is 0 Å². The van der Waals surface area contributed by atoms with Gasteiger partial charge >= 0.3 is 11.9 Å². The van der Waals surface area contributed by atoms with Crippen LogP contribution in [0, 0.1) is 5.82 Å². The summed E-state index contributed by atoms with van der Waals surface area (Å²) in [7, 11) is 0. The van der Waals surface area contributed by atoms with E-state index in [9.17, 15) is 14.0 Å². The minimum atomic E-state index is -0.731. The highest BCUT2D eigenvalue weighted by Crippen LogP contribution is 2.27. The van der Waals surface area contributed by atoms with Gasteiger partial charge in [0.15, 0.2) is 11.6 Å². The van der Waals surface area contributed by atoms with E-state index in [-0.39, 0.29) is 5.75 Å². The van der Waals surface area contributed by atoms with Crippen LogP contribution in [-0.4, -0.2) is 11.9 Å². The van der Waals surface area contributed by atoms with Gasteiger partial charge in [-0.2, -0.15) is 0 Å². The molecule has 4 nitrogen and oxygen atoms in total. The molecule has 0 spiro atoms. The molecule has 2 aromatic carbocycles. The fourth-order valence-electron chi connectivity index (χ4n) is 1.82. The van der Waals surface area contributed by atoms with Crippen molar-refractivity contribution in [3.05, 3.63) is 73.1 Å². The fraction of sp³-hybridized carbons (Fsp3) is 0.0526. The molecule has 0 aliphatic heterocycles. The average Bonchev–Trinajstić information content (AvgIpc) is 2.57. The van der Waals surface area contributed by atoms with E-state index in [1.165, 1.54) is 12.1 Å². The maximum atomic E-state index is 14.0. The van der Waals surface area contributed by atoms with Crippen LogP contribution in [0.25, 0.3) is 11.1 Å². The van der Waals surface area contributed by atoms with Gasteiger partial charge in [-0.05, 0) is 42.3 Å². The second-order valence-corrected chi connectivity index (χ2v) is 4.96. The van der Waals surface area contributed by atoms with Crippen LogP contribution in [0.4, 0.5) is 4.39 Å². The maximum absolute atomic E-state index is 14.0. The molecular weight excluding hydrogens is 311 g/mol. The summed E-state index contributed by atoms with van der Waals surface area (Å²) in [6, 6.07) is 10.8. The van der Waals surface area contributed by atoms with Gasteiger partial charge in [-0.15, -0.1) is 0 Å². The summed E-state index contributed by atoms with van der Waals surface area (Å²) >= 11 is 0. The molecule has 0 radical (unpaired) electrons. The zero-order valence-electron chi connectivity index (χ0n) is 13.0. The number of hydrogen-bond donors (Lipinski definition) is 0. The fourth-order valence-corrected chi connectivity index (χ4v) is 1.82. The molecule has 0 bridgehead atoms. The Morgan fingerprint density at radius 3 is 2.21 bits per heavy atom. The lowest BCUT2D eigenvalue weighted by Crippen LogP contribution is -2.07. The Labute approximate surface area is 138 Å². The largest absolute Gasteiger partial charge is 0.423 e. The number of ether oxygens (including phenoxy) is 2. The van der Waals surface area contributed by atoms with Crippen LogP contribution in [-0.2, 0) is 9.59 Å². The molecular formula is C19H15FO4. The minimum Gasteiger partial charge on any atom is -0.423 e. The number of benzene rings is 2. The van der Waals surface area contributed by atoms with Gasteiger partial charge in [-0.1, -0.05) is 31.4 Å². The smallest absolute Gasteiger partial charge is 0.338 e. The summed E-state index contributed by atoms with van der Waals surface area (Å²) in [5, 5.41) is 0. The molecule has 0 saturated heterocycles. The topological polar surface area (TPSA) is 52.6 Å². The molecule has 0 aliphatic rings. The number of carbonyl (C=O) groups excluding carboxylic acids is 2. The Balaban J connectivity index is 2.18. The normalized spacial score (nSPS) is 9.92. The van der Waals surface area contributed by atoms with Gasteiger partial charge in [0.25, 0.3) is 0 Å². The van der Waals surface area contributed by atoms with Crippen molar-refractivity contribution in [1.29, 1.82) is 0 Å². The lowest BCUT2D eigenvalue weighted by Gasteiger charge is -2.08. The predicted octanol–water partition coefficient (Wildman–Crippen LogP) is 4.07. The van der Waals surface area contributed by atoms with Crippen LogP contribution in [0.2, 0.25) is 0 Å². The number of esters is 2. The van der Waals surface area contributed by atoms with Crippen molar-refractivity contribution in [2.75, 3.05) is 0 Å². The summed E-state index contributed by atoms with van der Waals surface area (Å²) in [4.78, 5) is 22.5. The van der Waals surface area contributed by atoms with Crippen molar-refractivity contribution < 1.29 is 23.5 Å². The summed E-state index contributed by atoms with van der Waals surface area (Å²) in [5.41, 5.74) is 1.60. The SMILES string of the molecule is C=CC(=O)Oc1ccc(-c2ccc(OC(=O)C(=C)C)cc2)cc1F. The van der Waals surface area contributed by atoms with Crippen molar-refractivity contribution in [2.45, 2.75) is 6.92 Å². The molecule has 24 heavy (non-hydrogen) atoms. The van der Waals surface area contributed by atoms with Crippen molar-refractivity contribution in [3.8, 4) is 22.6 Å². The third-order valence-corrected chi connectivity index (χ3v) is 3.06. The molecule has 122 valence electrons. The second-order valence-electron chi connectivity index (χ2n) is 4.96. The molecule has 0 amide bonds. The van der Waals surface area contributed by atoms with Crippen LogP contribution in [0.1, 0.15) is 6.92 Å². The number of rotatable bonds is 5. The van der Waals surface area contributed by atoms with Crippen LogP contribution in [0.5, 0.6) is 11.5 Å². The zero-order chi connectivity index (χ0) is 17.7. The molecule has 0 aliphatic carbocycles. The Bertz CT molecular complexity index is 807. The first-order chi connectivity index (χ1) is 11.4. The Morgan fingerprint density at radius 2 is 1.67 bits per heavy atom. The molecule has 0 N–H and O–H groups in total. The average molecular weight is 326 g/mol. The van der Waals surface area contributed by atoms with Gasteiger partial charge in [0.05, 0.1) is 0 Å². The van der Waals surface area contributed by atoms with E-state index >= 15 is 0 Å². The van der Waals surface area contributed by atoms with Gasteiger partial charge in [0.1, 0.15) is 5.75 Å². The van der Waals surface area contributed by atoms with E-state index in [1.807, 2.05) is 0 Å². The van der Waals surface area contributed by atoms with Crippen molar-refractivity contribution >= 4 is 11.9 Å². The highest BCUT2D eigenvalue weighted by Gasteiger charge is 2.10. The highest BCUT2D eigenvalue weighted by molar-refractivity contribution is 5.88. The monoisotopic (exact) mass is 326 g/mol. The molecule has 5 heteroatoms. The van der Waals surface area contributed by atoms with Gasteiger partial charge in [-0.25, -0.2) is 14.0 Å². The lowest BCUT2D eigenvalue weighted by molar-refractivity contribution is -0.130. The Morgan fingerprint density at radius 1 is 1.04 bits per heavy atom. The molecule has 0 fully saturated rings. The highest BCUT2D eigenvalue weighted by atomic mass is 19.1. The number of carbonyl (C=O) groups is 2. The van der Waals surface area contributed by atoms with Gasteiger partial charge in [0, 0.05) is 11.6 Å². The van der Waals surface area contributed by atoms with E-state index in [0.717, 1.165) is 6.08 Å². The summed E-state index contributed by atoms with van der Waals surface area (Å²) in [5.74, 6) is -1.72. The number of hydrogen-bond acceptors (Lipinski definition) is 4. The summed E-state index contributed by atoms with van der Waals surface area (Å²) < 4.78 is 23.8. The first-order valence-electron chi connectivity index (χ1n) is 7.02. The van der Waals surface area contributed by atoms with Gasteiger partial charge < -0.3 is 9.47 Å². The van der Waals surface area contributed by atoms with Crippen molar-refractivity contribution in [2.24, 2.45) is 0 Å². The van der Waals surface area contributed by atoms with E-state index in [4.69, 9.17) is 9.47 Å². The predicted molar refractivity (Wildman–Crippen MR) is 88.1 cm³/mol. The number of halogens is 1. The van der Waals surface area contributed by atoms with Crippen LogP contribution in [0.3, 0.4) is 0 Å². The molecule has 2 aromatic rings. The van der Waals surface area contributed by atoms with E-state index in [1.54, 1.807) is 37.3 Å². The molecule has 2 rings (SSSR count). The molecule has 0 atom stereocenters. The molecule has 0 heterocycles. The Hall–Kier alpha value is -3.21. The summed E-state index contributed by atoms with van der Waals surface area (Å²) in [6.07, 6.45) is 0.957. The minimum absolute atomic E-state index is 0.171. The first kappa shape index (κ1) is 17.1. The van der Waals surface area contributed by atoms with Crippen molar-refractivity contribution in [3.63, 3.8) is 0 Å². The van der Waals surface area contributed by atoms with Gasteiger partial charge in [-0.3, -0.25) is 0 Å². The van der Waals surface area contributed by atoms with Crippen LogP contribution < -0.4 is 9.47 Å². The van der Waals surface area contributed by atoms with Crippen LogP contribution in [0.15, 0.2) is 67.3 Å². The zero-order valence-corrected chi connectivity index (χ0v) is 13.0. The van der Waals surface area contributed by atoms with E-state index in [0.29, 0.717) is 22.4 Å². The third kappa shape index (κ3) is 4.16. The Kier molecular flexibility index (Phi) is 5.27. The first-order valence-corrected chi connectivity index (χ1v) is 7.02. The third-order valence-electron chi connectivity index (χ3n) is 3.06. The summed E-state index contributed by atoms with van der Waals surface area (Å²) in [6.45, 7) is 8.31. The van der Waals surface area contributed by atoms with E-state index < -0.39 is 17.8 Å². The lowest BCUT2D eigenvalue weighted by atomic mass is 10.1. The quantitative estimate of drug-likeness (QED) is 0.472. The maximum Gasteiger partial charge on any atom is 0.338 e. The molecule has 0 unspecified atom stereocenters. The molecule has 0 aromatic heterocycles. The standard InChI is InChI=1S/C19H15FO4/c1-4-18(21)24-17-10-7-14(11-16(17)20)13-5-8-15(9-6-13)23-19(22)12(2)3/h4-11H,1-2H2,3H3.